The van der Waals surface area contributed by atoms with Gasteiger partial charge in [0, 0.05) is 32.3 Å². The number of piperidine rings is 1. The number of nitrogens with one attached hydrogen (secondary N) is 1. The van der Waals surface area contributed by atoms with Crippen molar-refractivity contribution in [1.29, 1.82) is 0 Å². The number of benzene rings is 1. The first-order chi connectivity index (χ1) is 11.3. The van der Waals surface area contributed by atoms with Crippen molar-refractivity contribution < 1.29 is 17.9 Å². The number of hydrogen-bond acceptors (Lipinski definition) is 4. The molecule has 2 rings (SSSR count). The van der Waals surface area contributed by atoms with Gasteiger partial charge in [0.2, 0.25) is 10.0 Å². The van der Waals surface area contributed by atoms with Crippen LogP contribution in [0.25, 0.3) is 0 Å². The highest BCUT2D eigenvalue weighted by atomic mass is 32.2. The second kappa shape index (κ2) is 8.09. The van der Waals surface area contributed by atoms with Crippen LogP contribution in [-0.4, -0.2) is 52.6 Å². The molecule has 1 aliphatic heterocycles. The van der Waals surface area contributed by atoms with Gasteiger partial charge < -0.3 is 9.64 Å². The van der Waals surface area contributed by atoms with Gasteiger partial charge in [0.1, 0.15) is 0 Å². The fraction of sp³-hybridized carbons (Fsp3) is 0.588. The van der Waals surface area contributed by atoms with Crippen LogP contribution in [0, 0.1) is 11.8 Å². The molecule has 1 aliphatic rings. The van der Waals surface area contributed by atoms with Gasteiger partial charge in [-0.1, -0.05) is 13.8 Å². The van der Waals surface area contributed by atoms with Gasteiger partial charge in [-0.05, 0) is 42.5 Å². The second-order valence-electron chi connectivity index (χ2n) is 6.57. The summed E-state index contributed by atoms with van der Waals surface area (Å²) in [5, 5.41) is 0. The number of carbonyl (C=O) groups is 1. The van der Waals surface area contributed by atoms with Crippen LogP contribution in [0.2, 0.25) is 0 Å². The molecule has 0 aliphatic carbocycles. The Labute approximate surface area is 144 Å². The molecule has 6 nitrogen and oxygen atoms in total. The van der Waals surface area contributed by atoms with E-state index in [9.17, 15) is 13.2 Å². The van der Waals surface area contributed by atoms with Crippen molar-refractivity contribution in [2.45, 2.75) is 25.2 Å². The van der Waals surface area contributed by atoms with Gasteiger partial charge in [-0.15, -0.1) is 0 Å². The van der Waals surface area contributed by atoms with Crippen molar-refractivity contribution in [2.24, 2.45) is 11.8 Å². The summed E-state index contributed by atoms with van der Waals surface area (Å²) in [4.78, 5) is 14.6. The summed E-state index contributed by atoms with van der Waals surface area (Å²) in [6.45, 7) is 6.32. The van der Waals surface area contributed by atoms with Crippen LogP contribution in [0.1, 0.15) is 30.6 Å². The van der Waals surface area contributed by atoms with E-state index in [-0.39, 0.29) is 17.3 Å². The largest absolute Gasteiger partial charge is 0.383 e. The topological polar surface area (TPSA) is 75.7 Å². The lowest BCUT2D eigenvalue weighted by molar-refractivity contribution is 0.0623. The Balaban J connectivity index is 2.07. The standard InChI is InChI=1S/C17H26N2O4S/c1-13-10-14(2)12-19(11-13)17(20)15-4-6-16(7-5-15)24(21,22)18-8-9-23-3/h4-7,13-14,18H,8-12H2,1-3H3/t13-,14-/m0/s1. The molecule has 0 spiro atoms. The molecule has 2 atom stereocenters. The first-order valence-corrected chi connectivity index (χ1v) is 9.69. The number of sulfonamides is 1. The maximum absolute atomic E-state index is 12.6. The van der Waals surface area contributed by atoms with Gasteiger partial charge >= 0.3 is 0 Å². The third-order valence-corrected chi connectivity index (χ3v) is 5.64. The molecule has 1 amide bonds. The minimum atomic E-state index is -3.57. The molecular weight excluding hydrogens is 328 g/mol. The lowest BCUT2D eigenvalue weighted by Gasteiger charge is -2.35. The summed E-state index contributed by atoms with van der Waals surface area (Å²) in [5.41, 5.74) is 0.521. The van der Waals surface area contributed by atoms with Gasteiger partial charge in [0.15, 0.2) is 0 Å². The molecule has 0 saturated carbocycles. The third kappa shape index (κ3) is 4.78. The van der Waals surface area contributed by atoms with Crippen LogP contribution in [0.4, 0.5) is 0 Å². The van der Waals surface area contributed by atoms with Crippen LogP contribution in [0.15, 0.2) is 29.2 Å². The Bertz CT molecular complexity index is 648. The predicted octanol–water partition coefficient (Wildman–Crippen LogP) is 1.73. The summed E-state index contributed by atoms with van der Waals surface area (Å²) >= 11 is 0. The zero-order valence-corrected chi connectivity index (χ0v) is 15.3. The summed E-state index contributed by atoms with van der Waals surface area (Å²) < 4.78 is 31.5. The first-order valence-electron chi connectivity index (χ1n) is 8.21. The number of hydrogen-bond donors (Lipinski definition) is 1. The van der Waals surface area contributed by atoms with E-state index < -0.39 is 10.0 Å². The maximum atomic E-state index is 12.6. The lowest BCUT2D eigenvalue weighted by atomic mass is 9.91. The zero-order valence-electron chi connectivity index (χ0n) is 14.5. The Kier molecular flexibility index (Phi) is 6.37. The molecule has 24 heavy (non-hydrogen) atoms. The summed E-state index contributed by atoms with van der Waals surface area (Å²) in [5.74, 6) is 0.939. The lowest BCUT2D eigenvalue weighted by Crippen LogP contribution is -2.42. The highest BCUT2D eigenvalue weighted by Gasteiger charge is 2.26. The monoisotopic (exact) mass is 354 g/mol. The number of nitrogens with zero attached hydrogens (tertiary/aromatic N) is 1. The summed E-state index contributed by atoms with van der Waals surface area (Å²) in [6, 6.07) is 6.10. The molecule has 134 valence electrons. The molecule has 1 aromatic rings. The second-order valence-corrected chi connectivity index (χ2v) is 8.34. The van der Waals surface area contributed by atoms with Crippen LogP contribution in [0.5, 0.6) is 0 Å². The van der Waals surface area contributed by atoms with Crippen LogP contribution >= 0.6 is 0 Å². The molecular formula is C17H26N2O4S. The Morgan fingerprint density at radius 3 is 2.33 bits per heavy atom. The Hall–Kier alpha value is -1.44. The minimum Gasteiger partial charge on any atom is -0.383 e. The molecule has 1 fully saturated rings. The summed E-state index contributed by atoms with van der Waals surface area (Å²) in [7, 11) is -2.06. The molecule has 1 N–H and O–H groups in total. The van der Waals surface area contributed by atoms with Crippen molar-refractivity contribution in [3.8, 4) is 0 Å². The predicted molar refractivity (Wildman–Crippen MR) is 92.4 cm³/mol. The van der Waals surface area contributed by atoms with E-state index in [0.29, 0.717) is 24.0 Å². The third-order valence-electron chi connectivity index (χ3n) is 4.17. The Morgan fingerprint density at radius 1 is 1.21 bits per heavy atom. The van der Waals surface area contributed by atoms with E-state index in [4.69, 9.17) is 4.74 Å². The van der Waals surface area contributed by atoms with E-state index in [1.54, 1.807) is 12.1 Å². The van der Waals surface area contributed by atoms with Crippen molar-refractivity contribution in [2.75, 3.05) is 33.4 Å². The maximum Gasteiger partial charge on any atom is 0.253 e. The molecule has 1 heterocycles. The number of methoxy groups -OCH3 is 1. The number of carbonyl (C=O) groups excluding carboxylic acids is 1. The van der Waals surface area contributed by atoms with E-state index in [2.05, 4.69) is 18.6 Å². The van der Waals surface area contributed by atoms with Crippen molar-refractivity contribution >= 4 is 15.9 Å². The molecule has 0 aromatic heterocycles. The SMILES string of the molecule is COCCNS(=O)(=O)c1ccc(C(=O)N2C[C@@H](C)C[C@H](C)C2)cc1. The highest BCUT2D eigenvalue weighted by Crippen LogP contribution is 2.23. The van der Waals surface area contributed by atoms with Gasteiger partial charge in [-0.25, -0.2) is 13.1 Å². The zero-order chi connectivity index (χ0) is 17.7. The van der Waals surface area contributed by atoms with E-state index in [0.717, 1.165) is 19.5 Å². The Morgan fingerprint density at radius 2 is 1.79 bits per heavy atom. The smallest absolute Gasteiger partial charge is 0.253 e. The normalized spacial score (nSPS) is 21.7. The minimum absolute atomic E-state index is 0.0373. The van der Waals surface area contributed by atoms with Gasteiger partial charge in [0.25, 0.3) is 5.91 Å². The highest BCUT2D eigenvalue weighted by molar-refractivity contribution is 7.89. The van der Waals surface area contributed by atoms with E-state index in [1.807, 2.05) is 4.90 Å². The fourth-order valence-corrected chi connectivity index (χ4v) is 4.16. The molecule has 1 saturated heterocycles. The molecule has 1 aromatic carbocycles. The van der Waals surface area contributed by atoms with Gasteiger partial charge in [0.05, 0.1) is 11.5 Å². The van der Waals surface area contributed by atoms with Crippen LogP contribution < -0.4 is 4.72 Å². The number of rotatable bonds is 6. The van der Waals surface area contributed by atoms with Crippen LogP contribution in [0.3, 0.4) is 0 Å². The van der Waals surface area contributed by atoms with E-state index >= 15 is 0 Å². The number of likely N-dealkylation sites (tertiary alicyclic amines) is 1. The molecule has 0 bridgehead atoms. The molecule has 7 heteroatoms. The van der Waals surface area contributed by atoms with Crippen molar-refractivity contribution in [3.63, 3.8) is 0 Å². The number of amides is 1. The van der Waals surface area contributed by atoms with Crippen molar-refractivity contribution in [1.82, 2.24) is 9.62 Å². The van der Waals surface area contributed by atoms with Gasteiger partial charge in [-0.2, -0.15) is 0 Å². The molecule has 0 radical (unpaired) electrons. The quantitative estimate of drug-likeness (QED) is 0.790. The fourth-order valence-electron chi connectivity index (χ4n) is 3.15. The van der Waals surface area contributed by atoms with Crippen LogP contribution in [-0.2, 0) is 14.8 Å². The van der Waals surface area contributed by atoms with Crippen molar-refractivity contribution in [3.05, 3.63) is 29.8 Å². The molecule has 0 unspecified atom stereocenters. The summed E-state index contributed by atoms with van der Waals surface area (Å²) in [6.07, 6.45) is 1.13. The average molecular weight is 354 g/mol. The average Bonchev–Trinajstić information content (AvgIpc) is 2.53. The van der Waals surface area contributed by atoms with Gasteiger partial charge in [-0.3, -0.25) is 4.79 Å². The van der Waals surface area contributed by atoms with E-state index in [1.165, 1.54) is 19.2 Å². The first kappa shape index (κ1) is 18.9. The number of ether oxygens (including phenoxy) is 1.